The number of H-pyrrole nitrogens is 1. The summed E-state index contributed by atoms with van der Waals surface area (Å²) in [7, 11) is 1.68. The van der Waals surface area contributed by atoms with E-state index in [0.29, 0.717) is 0 Å². The van der Waals surface area contributed by atoms with Crippen molar-refractivity contribution in [3.05, 3.63) is 46.2 Å². The second kappa shape index (κ2) is 4.53. The standard InChI is InChI=1S/C14H13BrN2O/c1-18-13-5-6-16-12(13)7-9-8-17-11-4-2-3-10(15)14(9)11/h2-7,16-17H,8H2,1H3. The molecule has 0 spiro atoms. The minimum atomic E-state index is 0.833. The molecule has 2 heterocycles. The number of fused-ring (bicyclic) bond motifs is 1. The van der Waals surface area contributed by atoms with Gasteiger partial charge in [-0.05, 0) is 29.8 Å². The highest BCUT2D eigenvalue weighted by Gasteiger charge is 2.18. The molecule has 2 N–H and O–H groups in total. The fourth-order valence-corrected chi connectivity index (χ4v) is 2.85. The Balaban J connectivity index is 2.07. The summed E-state index contributed by atoms with van der Waals surface area (Å²) in [6.07, 6.45) is 4.01. The maximum absolute atomic E-state index is 5.31. The van der Waals surface area contributed by atoms with Crippen LogP contribution >= 0.6 is 15.9 Å². The molecule has 0 bridgehead atoms. The largest absolute Gasteiger partial charge is 0.495 e. The quantitative estimate of drug-likeness (QED) is 0.886. The Kier molecular flexibility index (Phi) is 2.88. The van der Waals surface area contributed by atoms with Crippen molar-refractivity contribution in [2.24, 2.45) is 0 Å². The van der Waals surface area contributed by atoms with Crippen LogP contribution in [0, 0.1) is 0 Å². The van der Waals surface area contributed by atoms with Gasteiger partial charge >= 0.3 is 0 Å². The van der Waals surface area contributed by atoms with E-state index in [1.165, 1.54) is 16.8 Å². The first-order valence-corrected chi connectivity index (χ1v) is 6.53. The molecule has 92 valence electrons. The molecule has 1 aliphatic rings. The van der Waals surface area contributed by atoms with E-state index in [1.807, 2.05) is 18.3 Å². The predicted octanol–water partition coefficient (Wildman–Crippen LogP) is 3.75. The van der Waals surface area contributed by atoms with Gasteiger partial charge in [0.2, 0.25) is 0 Å². The summed E-state index contributed by atoms with van der Waals surface area (Å²) in [6.45, 7) is 0.833. The van der Waals surface area contributed by atoms with Crippen molar-refractivity contribution in [1.29, 1.82) is 0 Å². The van der Waals surface area contributed by atoms with Gasteiger partial charge in [0.25, 0.3) is 0 Å². The van der Waals surface area contributed by atoms with Crippen molar-refractivity contribution >= 4 is 33.3 Å². The van der Waals surface area contributed by atoms with Gasteiger partial charge in [-0.2, -0.15) is 0 Å². The Morgan fingerprint density at radius 1 is 1.33 bits per heavy atom. The second-order valence-electron chi connectivity index (χ2n) is 4.15. The van der Waals surface area contributed by atoms with Crippen LogP contribution in [0.15, 0.2) is 34.9 Å². The van der Waals surface area contributed by atoms with Crippen molar-refractivity contribution in [2.45, 2.75) is 0 Å². The molecule has 1 aromatic heterocycles. The molecule has 0 aliphatic carbocycles. The van der Waals surface area contributed by atoms with Crippen LogP contribution < -0.4 is 10.1 Å². The van der Waals surface area contributed by atoms with Crippen LogP contribution in [0.4, 0.5) is 5.69 Å². The summed E-state index contributed by atoms with van der Waals surface area (Å²) >= 11 is 3.61. The normalized spacial score (nSPS) is 15.6. The van der Waals surface area contributed by atoms with Crippen molar-refractivity contribution < 1.29 is 4.74 Å². The van der Waals surface area contributed by atoms with E-state index in [-0.39, 0.29) is 0 Å². The molecule has 1 aliphatic heterocycles. The lowest BCUT2D eigenvalue weighted by Gasteiger charge is -2.03. The van der Waals surface area contributed by atoms with Gasteiger partial charge in [-0.25, -0.2) is 0 Å². The molecule has 0 radical (unpaired) electrons. The van der Waals surface area contributed by atoms with Crippen LogP contribution in [0.25, 0.3) is 11.6 Å². The summed E-state index contributed by atoms with van der Waals surface area (Å²) in [5.41, 5.74) is 4.64. The fourth-order valence-electron chi connectivity index (χ4n) is 2.23. The van der Waals surface area contributed by atoms with E-state index >= 15 is 0 Å². The number of halogens is 1. The molecule has 0 saturated heterocycles. The first kappa shape index (κ1) is 11.4. The monoisotopic (exact) mass is 304 g/mol. The molecule has 3 nitrogen and oxygen atoms in total. The number of aromatic amines is 1. The average Bonchev–Trinajstić information content (AvgIpc) is 2.97. The van der Waals surface area contributed by atoms with E-state index in [2.05, 4.69) is 44.4 Å². The van der Waals surface area contributed by atoms with Gasteiger partial charge in [-0.3, -0.25) is 0 Å². The molecule has 1 aromatic carbocycles. The Hall–Kier alpha value is -1.68. The van der Waals surface area contributed by atoms with Crippen LogP contribution in [-0.4, -0.2) is 18.6 Å². The SMILES string of the molecule is COc1cc[nH]c1C=C1CNc2cccc(Br)c21. The van der Waals surface area contributed by atoms with Gasteiger partial charge in [0, 0.05) is 28.5 Å². The highest BCUT2D eigenvalue weighted by atomic mass is 79.9. The van der Waals surface area contributed by atoms with Crippen LogP contribution in [0.3, 0.4) is 0 Å². The van der Waals surface area contributed by atoms with Crippen molar-refractivity contribution in [3.63, 3.8) is 0 Å². The summed E-state index contributed by atoms with van der Waals surface area (Å²) in [5, 5.41) is 3.39. The molecular weight excluding hydrogens is 292 g/mol. The molecule has 0 unspecified atom stereocenters. The molecule has 18 heavy (non-hydrogen) atoms. The number of hydrogen-bond acceptors (Lipinski definition) is 2. The maximum atomic E-state index is 5.31. The van der Waals surface area contributed by atoms with Crippen LogP contribution in [0.2, 0.25) is 0 Å². The van der Waals surface area contributed by atoms with Crippen LogP contribution in [0.1, 0.15) is 11.3 Å². The fraction of sp³-hybridized carbons (Fsp3) is 0.143. The third-order valence-electron chi connectivity index (χ3n) is 3.08. The van der Waals surface area contributed by atoms with E-state index in [1.54, 1.807) is 7.11 Å². The predicted molar refractivity (Wildman–Crippen MR) is 77.8 cm³/mol. The molecule has 2 aromatic rings. The Bertz CT molecular complexity index is 616. The minimum Gasteiger partial charge on any atom is -0.495 e. The van der Waals surface area contributed by atoms with Crippen molar-refractivity contribution in [3.8, 4) is 5.75 Å². The van der Waals surface area contributed by atoms with Gasteiger partial charge in [-0.15, -0.1) is 0 Å². The third kappa shape index (κ3) is 1.82. The lowest BCUT2D eigenvalue weighted by atomic mass is 10.1. The Labute approximate surface area is 114 Å². The number of aromatic nitrogens is 1. The highest BCUT2D eigenvalue weighted by Crippen LogP contribution is 2.37. The lowest BCUT2D eigenvalue weighted by molar-refractivity contribution is 0.414. The zero-order valence-electron chi connectivity index (χ0n) is 9.96. The molecule has 0 atom stereocenters. The molecule has 0 fully saturated rings. The first-order valence-electron chi connectivity index (χ1n) is 5.74. The molecule has 4 heteroatoms. The number of nitrogens with one attached hydrogen (secondary N) is 2. The van der Waals surface area contributed by atoms with Crippen molar-refractivity contribution in [2.75, 3.05) is 19.0 Å². The molecule has 3 rings (SSSR count). The summed E-state index contributed by atoms with van der Waals surface area (Å²) in [4.78, 5) is 3.19. The highest BCUT2D eigenvalue weighted by molar-refractivity contribution is 9.10. The minimum absolute atomic E-state index is 0.833. The number of ether oxygens (including phenoxy) is 1. The average molecular weight is 305 g/mol. The molecule has 0 amide bonds. The number of benzene rings is 1. The van der Waals surface area contributed by atoms with E-state index in [4.69, 9.17) is 4.74 Å². The van der Waals surface area contributed by atoms with Gasteiger partial charge in [-0.1, -0.05) is 22.0 Å². The first-order chi connectivity index (χ1) is 8.79. The smallest absolute Gasteiger partial charge is 0.143 e. The maximum Gasteiger partial charge on any atom is 0.143 e. The van der Waals surface area contributed by atoms with Gasteiger partial charge < -0.3 is 15.0 Å². The van der Waals surface area contributed by atoms with E-state index < -0.39 is 0 Å². The van der Waals surface area contributed by atoms with E-state index in [9.17, 15) is 0 Å². The number of rotatable bonds is 2. The van der Waals surface area contributed by atoms with E-state index in [0.717, 1.165) is 22.5 Å². The summed E-state index contributed by atoms with van der Waals surface area (Å²) in [6, 6.07) is 8.11. The summed E-state index contributed by atoms with van der Waals surface area (Å²) in [5.74, 6) is 0.864. The lowest BCUT2D eigenvalue weighted by Crippen LogP contribution is -1.92. The number of methoxy groups -OCH3 is 1. The molecule has 0 saturated carbocycles. The second-order valence-corrected chi connectivity index (χ2v) is 5.00. The van der Waals surface area contributed by atoms with Crippen molar-refractivity contribution in [1.82, 2.24) is 4.98 Å². The third-order valence-corrected chi connectivity index (χ3v) is 3.74. The Morgan fingerprint density at radius 2 is 2.22 bits per heavy atom. The van der Waals surface area contributed by atoms with Gasteiger partial charge in [0.05, 0.1) is 12.8 Å². The van der Waals surface area contributed by atoms with Gasteiger partial charge in [0.1, 0.15) is 5.75 Å². The molecular formula is C14H13BrN2O. The van der Waals surface area contributed by atoms with Crippen LogP contribution in [-0.2, 0) is 0 Å². The number of hydrogen-bond donors (Lipinski definition) is 2. The Morgan fingerprint density at radius 3 is 3.06 bits per heavy atom. The van der Waals surface area contributed by atoms with Crippen LogP contribution in [0.5, 0.6) is 5.75 Å². The topological polar surface area (TPSA) is 37.0 Å². The zero-order chi connectivity index (χ0) is 12.5. The summed E-state index contributed by atoms with van der Waals surface area (Å²) < 4.78 is 6.42. The number of anilines is 1. The van der Waals surface area contributed by atoms with Gasteiger partial charge in [0.15, 0.2) is 0 Å². The zero-order valence-corrected chi connectivity index (χ0v) is 11.5.